The first kappa shape index (κ1) is 25.4. The Morgan fingerprint density at radius 2 is 1.23 bits per heavy atom. The minimum atomic E-state index is -0.910. The lowest BCUT2D eigenvalue weighted by atomic mass is 10.0. The van der Waals surface area contributed by atoms with Crippen molar-refractivity contribution >= 4 is 24.0 Å². The highest BCUT2D eigenvalue weighted by Crippen LogP contribution is 2.07. The molecule has 0 bridgehead atoms. The van der Waals surface area contributed by atoms with Gasteiger partial charge >= 0.3 is 0 Å². The average Bonchev–Trinajstić information content (AvgIpc) is 2.89. The van der Waals surface area contributed by atoms with E-state index >= 15 is 0 Å². The summed E-state index contributed by atoms with van der Waals surface area (Å²) in [5.41, 5.74) is 2.20. The van der Waals surface area contributed by atoms with Crippen LogP contribution in [0.5, 0.6) is 0 Å². The topological polar surface area (TPSA) is 104 Å². The Bertz CT molecular complexity index is 1140. The first-order valence-electron chi connectivity index (χ1n) is 11.5. The predicted molar refractivity (Wildman–Crippen MR) is 140 cm³/mol. The third-order valence-corrected chi connectivity index (χ3v) is 5.48. The van der Waals surface area contributed by atoms with Crippen molar-refractivity contribution in [3.05, 3.63) is 108 Å². The van der Waals surface area contributed by atoms with Crippen LogP contribution in [0.1, 0.15) is 32.7 Å². The van der Waals surface area contributed by atoms with Gasteiger partial charge in [-0.3, -0.25) is 14.4 Å². The van der Waals surface area contributed by atoms with Crippen molar-refractivity contribution in [3.63, 3.8) is 0 Å². The van der Waals surface area contributed by atoms with Gasteiger partial charge in [0.05, 0.1) is 6.04 Å². The van der Waals surface area contributed by atoms with E-state index in [4.69, 9.17) is 0 Å². The number of hydrogen-bond acceptors (Lipinski definition) is 4. The van der Waals surface area contributed by atoms with Crippen LogP contribution in [0.3, 0.4) is 0 Å². The largest absolute Gasteiger partial charge is 0.344 e. The lowest BCUT2D eigenvalue weighted by molar-refractivity contribution is -0.130. The molecular formula is C28H35N3O4. The molecule has 0 spiro atoms. The molecule has 0 saturated carbocycles. The maximum absolute atomic E-state index is 13.1. The second kappa shape index (κ2) is 12.8. The number of carbonyl (C=O) groups excluding carboxylic acids is 4. The van der Waals surface area contributed by atoms with Gasteiger partial charge in [0.2, 0.25) is 11.8 Å². The number of rotatable bonds is 11. The van der Waals surface area contributed by atoms with Crippen molar-refractivity contribution in [2.45, 2.75) is 37.9 Å². The highest BCUT2D eigenvalue weighted by Gasteiger charge is 2.26. The van der Waals surface area contributed by atoms with E-state index in [1.165, 1.54) is 6.92 Å². The molecule has 3 aromatic carbocycles. The molecule has 0 aliphatic heterocycles. The van der Waals surface area contributed by atoms with Crippen molar-refractivity contribution in [2.75, 3.05) is 0 Å². The van der Waals surface area contributed by atoms with Gasteiger partial charge in [-0.1, -0.05) is 78.9 Å². The van der Waals surface area contributed by atoms with Gasteiger partial charge in [-0.25, -0.2) is 0 Å². The third-order valence-electron chi connectivity index (χ3n) is 5.48. The lowest BCUT2D eigenvalue weighted by Gasteiger charge is -2.22. The summed E-state index contributed by atoms with van der Waals surface area (Å²) in [6.07, 6.45) is 1.28. The van der Waals surface area contributed by atoms with Crippen LogP contribution in [0.15, 0.2) is 91.0 Å². The molecule has 0 fully saturated rings. The zero-order valence-electron chi connectivity index (χ0n) is 19.5. The van der Waals surface area contributed by atoms with Crippen molar-refractivity contribution < 1.29 is 23.5 Å². The zero-order chi connectivity index (χ0) is 25.0. The smallest absolute Gasteiger partial charge is 0.251 e. The summed E-state index contributed by atoms with van der Waals surface area (Å²) in [4.78, 5) is 50.0. The fourth-order valence-corrected chi connectivity index (χ4v) is 3.58. The summed E-state index contributed by atoms with van der Waals surface area (Å²) in [6.45, 7) is 1.54. The molecule has 0 aliphatic rings. The normalized spacial score (nSPS) is 13.1. The molecule has 35 heavy (non-hydrogen) atoms. The van der Waals surface area contributed by atoms with E-state index in [1.54, 1.807) is 30.3 Å². The molecule has 0 unspecified atom stereocenters. The molecule has 3 N–H and O–H groups in total. The van der Waals surface area contributed by atoms with Gasteiger partial charge in [0.15, 0.2) is 0 Å². The van der Waals surface area contributed by atoms with Crippen molar-refractivity contribution in [3.8, 4) is 0 Å². The Labute approximate surface area is 209 Å². The lowest BCUT2D eigenvalue weighted by Crippen LogP contribution is -2.54. The van der Waals surface area contributed by atoms with Gasteiger partial charge < -0.3 is 20.7 Å². The SMILES string of the molecule is C[C@H](NC(=O)[C@@H](Cc1ccccc1)NC(=O)c1ccccc1)C(=O)N[C@H](C=O)Cc1ccccc1.[HH].[HH].[HH]. The molecule has 0 aromatic heterocycles. The summed E-state index contributed by atoms with van der Waals surface area (Å²) in [5, 5.41) is 8.11. The van der Waals surface area contributed by atoms with Crippen LogP contribution in [0.25, 0.3) is 0 Å². The summed E-state index contributed by atoms with van der Waals surface area (Å²) < 4.78 is 0. The number of nitrogens with one attached hydrogen (secondary N) is 3. The Kier molecular flexibility index (Phi) is 9.31. The quantitative estimate of drug-likeness (QED) is 0.369. The van der Waals surface area contributed by atoms with Gasteiger partial charge in [-0.15, -0.1) is 0 Å². The van der Waals surface area contributed by atoms with E-state index in [-0.39, 0.29) is 16.6 Å². The monoisotopic (exact) mass is 477 g/mol. The van der Waals surface area contributed by atoms with E-state index < -0.39 is 29.9 Å². The van der Waals surface area contributed by atoms with Crippen LogP contribution in [-0.4, -0.2) is 42.1 Å². The van der Waals surface area contributed by atoms with E-state index in [2.05, 4.69) is 16.0 Å². The molecule has 0 heterocycles. The maximum atomic E-state index is 13.1. The molecule has 7 nitrogen and oxygen atoms in total. The molecule has 186 valence electrons. The molecule has 3 amide bonds. The summed E-state index contributed by atoms with van der Waals surface area (Å²) in [5.74, 6) is -1.37. The third kappa shape index (κ3) is 7.92. The van der Waals surface area contributed by atoms with Crippen LogP contribution in [0, 0.1) is 0 Å². The Balaban J connectivity index is 0.00000456. The highest BCUT2D eigenvalue weighted by atomic mass is 16.2. The number of carbonyl (C=O) groups is 4. The van der Waals surface area contributed by atoms with Gasteiger partial charge in [-0.05, 0) is 36.6 Å². The van der Waals surface area contributed by atoms with Crippen LogP contribution in [0.2, 0.25) is 0 Å². The molecule has 0 saturated heterocycles. The van der Waals surface area contributed by atoms with Crippen LogP contribution < -0.4 is 16.0 Å². The first-order valence-corrected chi connectivity index (χ1v) is 11.5. The van der Waals surface area contributed by atoms with Gasteiger partial charge in [0, 0.05) is 16.3 Å². The Morgan fingerprint density at radius 1 is 0.714 bits per heavy atom. The van der Waals surface area contributed by atoms with E-state index in [9.17, 15) is 19.2 Å². The maximum Gasteiger partial charge on any atom is 0.251 e. The van der Waals surface area contributed by atoms with Crippen molar-refractivity contribution in [2.24, 2.45) is 0 Å². The molecule has 3 atom stereocenters. The van der Waals surface area contributed by atoms with Gasteiger partial charge in [0.1, 0.15) is 18.4 Å². The highest BCUT2D eigenvalue weighted by molar-refractivity contribution is 5.98. The number of hydrogen-bond donors (Lipinski definition) is 3. The fraction of sp³-hybridized carbons (Fsp3) is 0.214. The summed E-state index contributed by atoms with van der Waals surface area (Å²) in [7, 11) is 0. The molecule has 0 aliphatic carbocycles. The molecule has 0 radical (unpaired) electrons. The van der Waals surface area contributed by atoms with Gasteiger partial charge in [0.25, 0.3) is 5.91 Å². The van der Waals surface area contributed by atoms with E-state index in [1.807, 2.05) is 60.7 Å². The number of amides is 3. The zero-order valence-corrected chi connectivity index (χ0v) is 19.5. The van der Waals surface area contributed by atoms with E-state index in [0.29, 0.717) is 18.3 Å². The first-order chi connectivity index (χ1) is 17.0. The second-order valence-electron chi connectivity index (χ2n) is 8.25. The van der Waals surface area contributed by atoms with Gasteiger partial charge in [-0.2, -0.15) is 0 Å². The average molecular weight is 478 g/mol. The molecule has 3 rings (SSSR count). The van der Waals surface area contributed by atoms with Crippen LogP contribution >= 0.6 is 0 Å². The summed E-state index contributed by atoms with van der Waals surface area (Å²) >= 11 is 0. The van der Waals surface area contributed by atoms with Crippen molar-refractivity contribution in [1.82, 2.24) is 16.0 Å². The standard InChI is InChI=1S/C28H29N3O4.3H2/c1-20(26(33)30-24(19-32)17-21-11-5-2-6-12-21)29-28(35)25(18-22-13-7-3-8-14-22)31-27(34)23-15-9-4-10-16-23;;;/h2-16,19-20,24-25H,17-18H2,1H3,(H,29,35)(H,30,33)(H,31,34);3*1H/t20-,24-,25+;;;/m0.../s1. The predicted octanol–water partition coefficient (Wildman–Crippen LogP) is 3.20. The van der Waals surface area contributed by atoms with Crippen LogP contribution in [0.4, 0.5) is 0 Å². The minimum Gasteiger partial charge on any atom is -0.344 e. The number of benzene rings is 3. The summed E-state index contributed by atoms with van der Waals surface area (Å²) in [6, 6.07) is 24.7. The second-order valence-corrected chi connectivity index (χ2v) is 8.25. The molecule has 3 aromatic rings. The Hall–Kier alpha value is -4.26. The Morgan fingerprint density at radius 3 is 1.77 bits per heavy atom. The van der Waals surface area contributed by atoms with E-state index in [0.717, 1.165) is 11.1 Å². The molecular weight excluding hydrogens is 442 g/mol. The van der Waals surface area contributed by atoms with Crippen molar-refractivity contribution in [1.29, 1.82) is 0 Å². The fourth-order valence-electron chi connectivity index (χ4n) is 3.58. The minimum absolute atomic E-state index is 0. The molecule has 7 heteroatoms. The van der Waals surface area contributed by atoms with Crippen LogP contribution in [-0.2, 0) is 27.2 Å². The number of aldehydes is 1.